The zero-order valence-corrected chi connectivity index (χ0v) is 13.2. The van der Waals surface area contributed by atoms with E-state index in [1.807, 2.05) is 24.3 Å². The van der Waals surface area contributed by atoms with Gasteiger partial charge in [-0.05, 0) is 59.0 Å². The molecule has 1 amide bonds. The highest BCUT2D eigenvalue weighted by molar-refractivity contribution is 14.1. The third kappa shape index (κ3) is 3.25. The molecule has 1 aliphatic carbocycles. The van der Waals surface area contributed by atoms with E-state index in [-0.39, 0.29) is 11.3 Å². The van der Waals surface area contributed by atoms with E-state index in [9.17, 15) is 4.79 Å². The lowest BCUT2D eigenvalue weighted by Crippen LogP contribution is -2.46. The summed E-state index contributed by atoms with van der Waals surface area (Å²) in [6.07, 6.45) is 4.80. The van der Waals surface area contributed by atoms with Crippen molar-refractivity contribution in [3.8, 4) is 0 Å². The van der Waals surface area contributed by atoms with Crippen LogP contribution in [0.15, 0.2) is 24.3 Å². The lowest BCUT2D eigenvalue weighted by Gasteiger charge is -2.39. The summed E-state index contributed by atoms with van der Waals surface area (Å²) in [5.74, 6) is 0.0634. The summed E-state index contributed by atoms with van der Waals surface area (Å²) in [6, 6.07) is 8.06. The van der Waals surface area contributed by atoms with Crippen molar-refractivity contribution < 1.29 is 4.79 Å². The van der Waals surface area contributed by atoms with Gasteiger partial charge in [-0.2, -0.15) is 0 Å². The van der Waals surface area contributed by atoms with E-state index in [4.69, 9.17) is 0 Å². The van der Waals surface area contributed by atoms with Crippen LogP contribution in [0.5, 0.6) is 0 Å². The molecule has 1 unspecified atom stereocenters. The number of amides is 1. The second kappa shape index (κ2) is 5.59. The topological polar surface area (TPSA) is 29.1 Å². The summed E-state index contributed by atoms with van der Waals surface area (Å²) in [5, 5.41) is 3.21. The molecule has 18 heavy (non-hydrogen) atoms. The molecular weight excluding hydrogens is 337 g/mol. The Bertz CT molecular complexity index is 442. The van der Waals surface area contributed by atoms with Gasteiger partial charge in [-0.15, -0.1) is 0 Å². The molecule has 1 N–H and O–H groups in total. The highest BCUT2D eigenvalue weighted by Gasteiger charge is 2.33. The van der Waals surface area contributed by atoms with E-state index in [0.29, 0.717) is 6.04 Å². The average molecular weight is 357 g/mol. The van der Waals surface area contributed by atoms with Crippen molar-refractivity contribution in [2.24, 2.45) is 5.41 Å². The van der Waals surface area contributed by atoms with Crippen molar-refractivity contribution in [3.63, 3.8) is 0 Å². The molecule has 98 valence electrons. The Kier molecular flexibility index (Phi) is 4.30. The first kappa shape index (κ1) is 13.8. The van der Waals surface area contributed by atoms with Crippen molar-refractivity contribution >= 4 is 28.5 Å². The molecule has 0 saturated heterocycles. The summed E-state index contributed by atoms with van der Waals surface area (Å²) in [4.78, 5) is 12.2. The number of benzene rings is 1. The minimum atomic E-state index is 0.0634. The number of hydrogen-bond acceptors (Lipinski definition) is 1. The summed E-state index contributed by atoms with van der Waals surface area (Å²) in [6.45, 7) is 4.51. The van der Waals surface area contributed by atoms with E-state index in [1.165, 1.54) is 19.3 Å². The molecule has 0 radical (unpaired) electrons. The second-order valence-corrected chi connectivity index (χ2v) is 7.02. The minimum absolute atomic E-state index is 0.0634. The number of carbonyl (C=O) groups is 1. The number of rotatable bonds is 2. The zero-order chi connectivity index (χ0) is 13.2. The van der Waals surface area contributed by atoms with Crippen LogP contribution in [0.4, 0.5) is 0 Å². The first-order valence-corrected chi connectivity index (χ1v) is 7.63. The van der Waals surface area contributed by atoms with Gasteiger partial charge in [-0.1, -0.05) is 32.8 Å². The van der Waals surface area contributed by atoms with E-state index in [1.54, 1.807) is 0 Å². The van der Waals surface area contributed by atoms with E-state index in [2.05, 4.69) is 41.8 Å². The Morgan fingerprint density at radius 3 is 2.83 bits per heavy atom. The van der Waals surface area contributed by atoms with Gasteiger partial charge in [0.25, 0.3) is 5.91 Å². The molecule has 0 bridgehead atoms. The maximum absolute atomic E-state index is 12.2. The first-order chi connectivity index (χ1) is 8.49. The van der Waals surface area contributed by atoms with Gasteiger partial charge in [0, 0.05) is 15.2 Å². The highest BCUT2D eigenvalue weighted by Crippen LogP contribution is 2.35. The number of nitrogens with one attached hydrogen (secondary N) is 1. The van der Waals surface area contributed by atoms with Gasteiger partial charge in [0.15, 0.2) is 0 Å². The molecule has 1 atom stereocenters. The summed E-state index contributed by atoms with van der Waals surface area (Å²) in [5.41, 5.74) is 0.985. The largest absolute Gasteiger partial charge is 0.349 e. The SMILES string of the molecule is CC1(C)CCCCC1NC(=O)c1cccc(I)c1. The van der Waals surface area contributed by atoms with Crippen LogP contribution in [0.2, 0.25) is 0 Å². The third-order valence-corrected chi connectivity index (χ3v) is 4.57. The quantitative estimate of drug-likeness (QED) is 0.797. The van der Waals surface area contributed by atoms with Crippen molar-refractivity contribution in [2.75, 3.05) is 0 Å². The molecule has 1 fully saturated rings. The summed E-state index contributed by atoms with van der Waals surface area (Å²) < 4.78 is 1.10. The van der Waals surface area contributed by atoms with Crippen LogP contribution in [-0.2, 0) is 0 Å². The normalized spacial score (nSPS) is 22.5. The Hall–Kier alpha value is -0.580. The molecule has 0 spiro atoms. The van der Waals surface area contributed by atoms with Crippen molar-refractivity contribution in [2.45, 2.75) is 45.6 Å². The van der Waals surface area contributed by atoms with Crippen LogP contribution in [0.3, 0.4) is 0 Å². The van der Waals surface area contributed by atoms with Crippen molar-refractivity contribution in [3.05, 3.63) is 33.4 Å². The molecular formula is C15H20INO. The predicted octanol–water partition coefficient (Wildman–Crippen LogP) is 3.99. The molecule has 2 nitrogen and oxygen atoms in total. The lowest BCUT2D eigenvalue weighted by atomic mass is 9.73. The number of carbonyl (C=O) groups excluding carboxylic acids is 1. The smallest absolute Gasteiger partial charge is 0.251 e. The van der Waals surface area contributed by atoms with E-state index < -0.39 is 0 Å². The third-order valence-electron chi connectivity index (χ3n) is 3.90. The van der Waals surface area contributed by atoms with Crippen LogP contribution in [-0.4, -0.2) is 11.9 Å². The van der Waals surface area contributed by atoms with Gasteiger partial charge in [0.05, 0.1) is 0 Å². The minimum Gasteiger partial charge on any atom is -0.349 e. The lowest BCUT2D eigenvalue weighted by molar-refractivity contribution is 0.0853. The molecule has 1 aromatic rings. The van der Waals surface area contributed by atoms with Crippen molar-refractivity contribution in [1.29, 1.82) is 0 Å². The fraction of sp³-hybridized carbons (Fsp3) is 0.533. The Labute approximate surface area is 123 Å². The zero-order valence-electron chi connectivity index (χ0n) is 11.0. The van der Waals surface area contributed by atoms with Gasteiger partial charge < -0.3 is 5.32 Å². The standard InChI is InChI=1S/C15H20INO/c1-15(2)9-4-3-8-13(15)17-14(18)11-6-5-7-12(16)10-11/h5-7,10,13H,3-4,8-9H2,1-2H3,(H,17,18). The Morgan fingerprint density at radius 1 is 1.39 bits per heavy atom. The Morgan fingerprint density at radius 2 is 2.17 bits per heavy atom. The van der Waals surface area contributed by atoms with Gasteiger partial charge in [0.2, 0.25) is 0 Å². The Balaban J connectivity index is 2.07. The number of hydrogen-bond donors (Lipinski definition) is 1. The van der Waals surface area contributed by atoms with Crippen LogP contribution in [0.25, 0.3) is 0 Å². The van der Waals surface area contributed by atoms with Gasteiger partial charge in [-0.3, -0.25) is 4.79 Å². The molecule has 0 heterocycles. The van der Waals surface area contributed by atoms with E-state index >= 15 is 0 Å². The molecule has 2 rings (SSSR count). The predicted molar refractivity (Wildman–Crippen MR) is 82.7 cm³/mol. The monoisotopic (exact) mass is 357 g/mol. The fourth-order valence-electron chi connectivity index (χ4n) is 2.63. The highest BCUT2D eigenvalue weighted by atomic mass is 127. The maximum atomic E-state index is 12.2. The number of halogens is 1. The van der Waals surface area contributed by atoms with Crippen LogP contribution >= 0.6 is 22.6 Å². The van der Waals surface area contributed by atoms with Crippen LogP contribution < -0.4 is 5.32 Å². The second-order valence-electron chi connectivity index (χ2n) is 5.77. The molecule has 0 aromatic heterocycles. The van der Waals surface area contributed by atoms with Gasteiger partial charge in [0.1, 0.15) is 0 Å². The molecule has 1 saturated carbocycles. The van der Waals surface area contributed by atoms with Crippen molar-refractivity contribution in [1.82, 2.24) is 5.32 Å². The molecule has 0 aliphatic heterocycles. The molecule has 1 aromatic carbocycles. The van der Waals surface area contributed by atoms with Gasteiger partial charge in [-0.25, -0.2) is 0 Å². The van der Waals surface area contributed by atoms with Gasteiger partial charge >= 0.3 is 0 Å². The fourth-order valence-corrected chi connectivity index (χ4v) is 3.18. The summed E-state index contributed by atoms with van der Waals surface area (Å²) in [7, 11) is 0. The van der Waals surface area contributed by atoms with E-state index in [0.717, 1.165) is 15.6 Å². The maximum Gasteiger partial charge on any atom is 0.251 e. The first-order valence-electron chi connectivity index (χ1n) is 6.55. The van der Waals surface area contributed by atoms with Crippen LogP contribution in [0.1, 0.15) is 49.9 Å². The summed E-state index contributed by atoms with van der Waals surface area (Å²) >= 11 is 2.24. The average Bonchev–Trinajstić information content (AvgIpc) is 2.31. The van der Waals surface area contributed by atoms with Crippen LogP contribution in [0, 0.1) is 8.99 Å². The molecule has 3 heteroatoms. The molecule has 1 aliphatic rings.